The number of nitrogens with one attached hydrogen (secondary N) is 1. The van der Waals surface area contributed by atoms with Crippen LogP contribution in [-0.2, 0) is 4.79 Å². The lowest BCUT2D eigenvalue weighted by Gasteiger charge is -2.11. The Hall–Kier alpha value is -2.14. The molecule has 19 heavy (non-hydrogen) atoms. The van der Waals surface area contributed by atoms with Crippen LogP contribution in [0.5, 0.6) is 11.5 Å². The van der Waals surface area contributed by atoms with Gasteiger partial charge >= 0.3 is 5.97 Å². The van der Waals surface area contributed by atoms with Gasteiger partial charge < -0.3 is 20.6 Å². The summed E-state index contributed by atoms with van der Waals surface area (Å²) in [5.74, 6) is -1.32. The molecule has 6 heteroatoms. The zero-order valence-electron chi connectivity index (χ0n) is 10.1. The molecule has 0 spiro atoms. The Balaban J connectivity index is 0.00000180. The van der Waals surface area contributed by atoms with Crippen LogP contribution >= 0.6 is 12.4 Å². The van der Waals surface area contributed by atoms with Crippen LogP contribution in [0, 0.1) is 0 Å². The molecule has 0 amide bonds. The number of hydrogen-bond donors (Lipinski definition) is 4. The lowest BCUT2D eigenvalue weighted by molar-refractivity contribution is -0.137. The number of hydrogen-bond acceptors (Lipinski definition) is 4. The first-order valence-electron chi connectivity index (χ1n) is 5.42. The maximum atomic E-state index is 10.7. The molecular formula is C13H14ClNO4. The highest BCUT2D eigenvalue weighted by molar-refractivity contribution is 5.89. The van der Waals surface area contributed by atoms with Gasteiger partial charge in [0.1, 0.15) is 6.04 Å². The predicted molar refractivity (Wildman–Crippen MR) is 75.2 cm³/mol. The summed E-state index contributed by atoms with van der Waals surface area (Å²) in [7, 11) is 0. The predicted octanol–water partition coefficient (Wildman–Crippen LogP) is 2.56. The minimum absolute atomic E-state index is 0. The van der Waals surface area contributed by atoms with E-state index in [0.29, 0.717) is 11.1 Å². The Kier molecular flexibility index (Phi) is 4.45. The average molecular weight is 284 g/mol. The number of phenolic OH excluding ortho intramolecular Hbond substituents is 2. The molecule has 0 aliphatic heterocycles. The summed E-state index contributed by atoms with van der Waals surface area (Å²) in [4.78, 5) is 10.7. The summed E-state index contributed by atoms with van der Waals surface area (Å²) < 4.78 is 0. The van der Waals surface area contributed by atoms with Gasteiger partial charge in [0.2, 0.25) is 0 Å². The molecule has 2 aromatic rings. The molecular weight excluding hydrogens is 270 g/mol. The highest BCUT2D eigenvalue weighted by Gasteiger charge is 2.10. The Morgan fingerprint density at radius 1 is 1.11 bits per heavy atom. The molecule has 0 fully saturated rings. The number of fused-ring (bicyclic) bond motifs is 1. The maximum absolute atomic E-state index is 10.7. The van der Waals surface area contributed by atoms with Crippen LogP contribution in [0.2, 0.25) is 0 Å². The molecule has 1 atom stereocenters. The van der Waals surface area contributed by atoms with Gasteiger partial charge in [-0.2, -0.15) is 0 Å². The molecule has 102 valence electrons. The topological polar surface area (TPSA) is 89.8 Å². The number of halogens is 1. The van der Waals surface area contributed by atoms with Crippen molar-refractivity contribution in [2.45, 2.75) is 13.0 Å². The van der Waals surface area contributed by atoms with E-state index in [-0.39, 0.29) is 23.9 Å². The van der Waals surface area contributed by atoms with E-state index in [4.69, 9.17) is 5.11 Å². The van der Waals surface area contributed by atoms with Crippen LogP contribution in [0.3, 0.4) is 0 Å². The molecule has 0 aliphatic rings. The third-order valence-electron chi connectivity index (χ3n) is 2.69. The third kappa shape index (κ3) is 3.20. The van der Waals surface area contributed by atoms with Gasteiger partial charge in [0.05, 0.1) is 0 Å². The van der Waals surface area contributed by atoms with Crippen molar-refractivity contribution in [2.24, 2.45) is 0 Å². The molecule has 0 radical (unpaired) electrons. The number of aromatic hydroxyl groups is 2. The average Bonchev–Trinajstić information content (AvgIpc) is 2.31. The molecule has 0 saturated heterocycles. The zero-order valence-corrected chi connectivity index (χ0v) is 10.9. The second-order valence-corrected chi connectivity index (χ2v) is 4.11. The zero-order chi connectivity index (χ0) is 13.3. The van der Waals surface area contributed by atoms with E-state index in [1.54, 1.807) is 25.1 Å². The molecule has 0 aromatic heterocycles. The normalized spacial score (nSPS) is 11.6. The largest absolute Gasteiger partial charge is 0.504 e. The number of carboxylic acids is 1. The summed E-state index contributed by atoms with van der Waals surface area (Å²) in [6, 6.07) is 7.36. The third-order valence-corrected chi connectivity index (χ3v) is 2.69. The number of anilines is 1. The first-order valence-corrected chi connectivity index (χ1v) is 5.42. The van der Waals surface area contributed by atoms with Crippen molar-refractivity contribution in [3.05, 3.63) is 30.3 Å². The number of phenols is 2. The van der Waals surface area contributed by atoms with Crippen molar-refractivity contribution in [3.8, 4) is 11.5 Å². The van der Waals surface area contributed by atoms with Crippen LogP contribution in [-0.4, -0.2) is 27.3 Å². The van der Waals surface area contributed by atoms with E-state index in [0.717, 1.165) is 5.39 Å². The van der Waals surface area contributed by atoms with Gasteiger partial charge in [-0.05, 0) is 42.0 Å². The Labute approximate surface area is 115 Å². The molecule has 2 aromatic carbocycles. The highest BCUT2D eigenvalue weighted by atomic mass is 35.5. The number of rotatable bonds is 3. The smallest absolute Gasteiger partial charge is 0.325 e. The fourth-order valence-electron chi connectivity index (χ4n) is 1.68. The lowest BCUT2D eigenvalue weighted by Crippen LogP contribution is -2.25. The molecule has 0 saturated carbocycles. The minimum atomic E-state index is -0.941. The second-order valence-electron chi connectivity index (χ2n) is 4.11. The number of carbonyl (C=O) groups is 1. The van der Waals surface area contributed by atoms with Crippen LogP contribution < -0.4 is 5.32 Å². The summed E-state index contributed by atoms with van der Waals surface area (Å²) in [5.41, 5.74) is 0.641. The lowest BCUT2D eigenvalue weighted by atomic mass is 10.1. The van der Waals surface area contributed by atoms with Crippen LogP contribution in [0.25, 0.3) is 10.8 Å². The molecule has 0 aliphatic carbocycles. The first-order chi connectivity index (χ1) is 8.47. The van der Waals surface area contributed by atoms with Gasteiger partial charge in [-0.3, -0.25) is 4.79 Å². The van der Waals surface area contributed by atoms with E-state index in [1.165, 1.54) is 12.1 Å². The van der Waals surface area contributed by atoms with Gasteiger partial charge in [-0.25, -0.2) is 0 Å². The first kappa shape index (κ1) is 14.9. The Morgan fingerprint density at radius 3 is 2.26 bits per heavy atom. The number of benzene rings is 2. The van der Waals surface area contributed by atoms with Crippen molar-refractivity contribution < 1.29 is 20.1 Å². The summed E-state index contributed by atoms with van der Waals surface area (Å²) in [6.45, 7) is 1.54. The van der Waals surface area contributed by atoms with Gasteiger partial charge in [0.25, 0.3) is 0 Å². The molecule has 0 bridgehead atoms. The van der Waals surface area contributed by atoms with E-state index < -0.39 is 12.0 Å². The number of carboxylic acid groups (broad SMARTS) is 1. The van der Waals surface area contributed by atoms with E-state index >= 15 is 0 Å². The summed E-state index contributed by atoms with van der Waals surface area (Å²) in [6.07, 6.45) is 0. The van der Waals surface area contributed by atoms with E-state index in [2.05, 4.69) is 5.32 Å². The second kappa shape index (κ2) is 5.67. The van der Waals surface area contributed by atoms with Gasteiger partial charge in [-0.15, -0.1) is 12.4 Å². The van der Waals surface area contributed by atoms with Gasteiger partial charge in [0, 0.05) is 5.69 Å². The van der Waals surface area contributed by atoms with Crippen molar-refractivity contribution in [2.75, 3.05) is 5.32 Å². The summed E-state index contributed by atoms with van der Waals surface area (Å²) in [5, 5.41) is 31.9. The molecule has 2 rings (SSSR count). The quantitative estimate of drug-likeness (QED) is 0.650. The van der Waals surface area contributed by atoms with Gasteiger partial charge in [-0.1, -0.05) is 6.07 Å². The standard InChI is InChI=1S/C13H13NO4.ClH/c1-7(13(17)18)14-10-3-2-8-5-11(15)12(16)6-9(8)4-10;/h2-7,14-16H,1H3,(H,17,18);1H/t7-;/m0./s1. The summed E-state index contributed by atoms with van der Waals surface area (Å²) >= 11 is 0. The van der Waals surface area contributed by atoms with Crippen molar-refractivity contribution in [1.29, 1.82) is 0 Å². The molecule has 5 nitrogen and oxygen atoms in total. The number of aliphatic carboxylic acids is 1. The minimum Gasteiger partial charge on any atom is -0.504 e. The van der Waals surface area contributed by atoms with Crippen LogP contribution in [0.1, 0.15) is 6.92 Å². The SMILES string of the molecule is C[C@H](Nc1ccc2cc(O)c(O)cc2c1)C(=O)O.Cl. The van der Waals surface area contributed by atoms with Crippen LogP contribution in [0.15, 0.2) is 30.3 Å². The van der Waals surface area contributed by atoms with Crippen molar-refractivity contribution >= 4 is 34.8 Å². The molecule has 0 unspecified atom stereocenters. The van der Waals surface area contributed by atoms with Crippen molar-refractivity contribution in [1.82, 2.24) is 0 Å². The monoisotopic (exact) mass is 283 g/mol. The fourth-order valence-corrected chi connectivity index (χ4v) is 1.68. The van der Waals surface area contributed by atoms with Crippen LogP contribution in [0.4, 0.5) is 5.69 Å². The Bertz CT molecular complexity index is 615. The Morgan fingerprint density at radius 2 is 1.68 bits per heavy atom. The fraction of sp³-hybridized carbons (Fsp3) is 0.154. The molecule has 0 heterocycles. The van der Waals surface area contributed by atoms with Gasteiger partial charge in [0.15, 0.2) is 11.5 Å². The highest BCUT2D eigenvalue weighted by Crippen LogP contribution is 2.31. The van der Waals surface area contributed by atoms with E-state index in [9.17, 15) is 15.0 Å². The maximum Gasteiger partial charge on any atom is 0.325 e. The van der Waals surface area contributed by atoms with Crippen molar-refractivity contribution in [3.63, 3.8) is 0 Å². The molecule has 4 N–H and O–H groups in total. The van der Waals surface area contributed by atoms with E-state index in [1.807, 2.05) is 0 Å².